The number of carbonyl (C=O) groups is 2. The van der Waals surface area contributed by atoms with Gasteiger partial charge in [-0.3, -0.25) is 9.59 Å². The fraction of sp³-hybridized carbons (Fsp3) is 0.440. The predicted molar refractivity (Wildman–Crippen MR) is 122 cm³/mol. The largest absolute Gasteiger partial charge is 0.490 e. The number of hydrogen-bond acceptors (Lipinski definition) is 5. The van der Waals surface area contributed by atoms with E-state index < -0.39 is 0 Å². The van der Waals surface area contributed by atoms with Gasteiger partial charge in [0.25, 0.3) is 11.8 Å². The second kappa shape index (κ2) is 12.0. The Kier molecular flexibility index (Phi) is 8.78. The Morgan fingerprint density at radius 2 is 1.62 bits per heavy atom. The van der Waals surface area contributed by atoms with Crippen LogP contribution in [-0.2, 0) is 4.79 Å². The molecule has 1 aliphatic rings. The molecule has 2 amide bonds. The first-order chi connectivity index (χ1) is 15.6. The normalized spacial score (nSPS) is 14.0. The number of amides is 2. The molecule has 0 bridgehead atoms. The summed E-state index contributed by atoms with van der Waals surface area (Å²) in [5.74, 6) is 2.11. The molecule has 0 aliphatic carbocycles. The summed E-state index contributed by atoms with van der Waals surface area (Å²) in [5.41, 5.74) is 0.544. The Morgan fingerprint density at radius 3 is 2.31 bits per heavy atom. The van der Waals surface area contributed by atoms with Crippen molar-refractivity contribution in [3.8, 4) is 17.2 Å². The molecule has 7 nitrogen and oxygen atoms in total. The van der Waals surface area contributed by atoms with Crippen molar-refractivity contribution in [3.05, 3.63) is 54.1 Å². The highest BCUT2D eigenvalue weighted by molar-refractivity contribution is 5.94. The number of ether oxygens (including phenoxy) is 3. The average molecular weight is 441 g/mol. The molecule has 1 fully saturated rings. The molecule has 0 atom stereocenters. The average Bonchev–Trinajstić information content (AvgIpc) is 2.83. The molecule has 2 aromatic carbocycles. The van der Waals surface area contributed by atoms with E-state index in [0.29, 0.717) is 61.6 Å². The van der Waals surface area contributed by atoms with Crippen molar-refractivity contribution in [2.45, 2.75) is 26.7 Å². The summed E-state index contributed by atoms with van der Waals surface area (Å²) in [7, 11) is 0. The van der Waals surface area contributed by atoms with E-state index in [0.717, 1.165) is 12.8 Å². The molecule has 0 unspecified atom stereocenters. The molecule has 1 N–H and O–H groups in total. The molecule has 1 heterocycles. The molecule has 0 spiro atoms. The molecule has 0 radical (unpaired) electrons. The number of para-hydroxylation sites is 1. The van der Waals surface area contributed by atoms with Gasteiger partial charge in [-0.1, -0.05) is 18.2 Å². The van der Waals surface area contributed by atoms with Gasteiger partial charge in [0, 0.05) is 25.2 Å². The summed E-state index contributed by atoms with van der Waals surface area (Å²) in [6.45, 7) is 6.82. The molecule has 3 rings (SSSR count). The molecule has 1 saturated heterocycles. The van der Waals surface area contributed by atoms with Gasteiger partial charge in [0.2, 0.25) is 0 Å². The maximum Gasteiger partial charge on any atom is 0.260 e. The lowest BCUT2D eigenvalue weighted by atomic mass is 9.96. The van der Waals surface area contributed by atoms with Gasteiger partial charge in [0.05, 0.1) is 13.2 Å². The number of likely N-dealkylation sites (tertiary alicyclic amines) is 1. The van der Waals surface area contributed by atoms with Crippen molar-refractivity contribution in [1.82, 2.24) is 10.2 Å². The van der Waals surface area contributed by atoms with Crippen molar-refractivity contribution in [3.63, 3.8) is 0 Å². The van der Waals surface area contributed by atoms with Crippen LogP contribution in [0, 0.1) is 5.92 Å². The zero-order valence-electron chi connectivity index (χ0n) is 18.8. The minimum atomic E-state index is -0.135. The van der Waals surface area contributed by atoms with Crippen LogP contribution in [0.2, 0.25) is 0 Å². The monoisotopic (exact) mass is 440 g/mol. The third-order valence-corrected chi connectivity index (χ3v) is 5.43. The standard InChI is InChI=1S/C25H32N2O5/c1-3-30-22-11-10-20(16-23(22)31-4-2)25(29)26-17-19-12-14-27(15-13-19)24(28)18-32-21-8-6-5-7-9-21/h5-11,16,19H,3-4,12-15,17-18H2,1-2H3,(H,26,29). The number of nitrogens with one attached hydrogen (secondary N) is 1. The number of rotatable bonds is 10. The van der Waals surface area contributed by atoms with E-state index in [1.165, 1.54) is 0 Å². The predicted octanol–water partition coefficient (Wildman–Crippen LogP) is 3.53. The quantitative estimate of drug-likeness (QED) is 0.612. The van der Waals surface area contributed by atoms with Gasteiger partial charge in [-0.15, -0.1) is 0 Å². The highest BCUT2D eigenvalue weighted by Crippen LogP contribution is 2.28. The molecule has 2 aromatic rings. The van der Waals surface area contributed by atoms with Gasteiger partial charge in [0.1, 0.15) is 5.75 Å². The summed E-state index contributed by atoms with van der Waals surface area (Å²) < 4.78 is 16.7. The van der Waals surface area contributed by atoms with E-state index in [4.69, 9.17) is 14.2 Å². The SMILES string of the molecule is CCOc1ccc(C(=O)NCC2CCN(C(=O)COc3ccccc3)CC2)cc1OCC. The Bertz CT molecular complexity index is 879. The van der Waals surface area contributed by atoms with E-state index in [1.54, 1.807) is 18.2 Å². The fourth-order valence-electron chi connectivity index (χ4n) is 3.67. The highest BCUT2D eigenvalue weighted by atomic mass is 16.5. The molecule has 7 heteroatoms. The zero-order chi connectivity index (χ0) is 22.8. The maximum atomic E-state index is 12.6. The van der Waals surface area contributed by atoms with Crippen LogP contribution in [0.1, 0.15) is 37.0 Å². The Balaban J connectivity index is 1.43. The Labute approximate surface area is 189 Å². The van der Waals surface area contributed by atoms with Crippen molar-refractivity contribution in [2.24, 2.45) is 5.92 Å². The van der Waals surface area contributed by atoms with Crippen LogP contribution in [0.4, 0.5) is 0 Å². The minimum absolute atomic E-state index is 0.00539. The molecule has 172 valence electrons. The van der Waals surface area contributed by atoms with Crippen molar-refractivity contribution in [1.29, 1.82) is 0 Å². The first-order valence-electron chi connectivity index (χ1n) is 11.2. The van der Waals surface area contributed by atoms with Crippen LogP contribution in [0.3, 0.4) is 0 Å². The Hall–Kier alpha value is -3.22. The Morgan fingerprint density at radius 1 is 0.938 bits per heavy atom. The summed E-state index contributed by atoms with van der Waals surface area (Å²) in [5, 5.41) is 3.02. The molecular formula is C25H32N2O5. The van der Waals surface area contributed by atoms with E-state index in [-0.39, 0.29) is 18.4 Å². The van der Waals surface area contributed by atoms with Crippen LogP contribution in [0.15, 0.2) is 48.5 Å². The van der Waals surface area contributed by atoms with Gasteiger partial charge < -0.3 is 24.4 Å². The third kappa shape index (κ3) is 6.64. The molecule has 0 saturated carbocycles. The molecular weight excluding hydrogens is 408 g/mol. The summed E-state index contributed by atoms with van der Waals surface area (Å²) >= 11 is 0. The smallest absolute Gasteiger partial charge is 0.260 e. The van der Waals surface area contributed by atoms with E-state index >= 15 is 0 Å². The first-order valence-corrected chi connectivity index (χ1v) is 11.2. The number of nitrogens with zero attached hydrogens (tertiary/aromatic N) is 1. The van der Waals surface area contributed by atoms with Crippen molar-refractivity contribution >= 4 is 11.8 Å². The van der Waals surface area contributed by atoms with Gasteiger partial charge in [-0.2, -0.15) is 0 Å². The van der Waals surface area contributed by atoms with Crippen LogP contribution in [0.25, 0.3) is 0 Å². The summed E-state index contributed by atoms with van der Waals surface area (Å²) in [4.78, 5) is 26.8. The first kappa shape index (κ1) is 23.4. The molecule has 32 heavy (non-hydrogen) atoms. The number of hydrogen-bond donors (Lipinski definition) is 1. The van der Waals surface area contributed by atoms with Crippen LogP contribution >= 0.6 is 0 Å². The second-order valence-electron chi connectivity index (χ2n) is 7.66. The van der Waals surface area contributed by atoms with E-state index in [2.05, 4.69) is 5.32 Å². The van der Waals surface area contributed by atoms with Crippen LogP contribution in [0.5, 0.6) is 17.2 Å². The topological polar surface area (TPSA) is 77.1 Å². The fourth-order valence-corrected chi connectivity index (χ4v) is 3.67. The van der Waals surface area contributed by atoms with Gasteiger partial charge in [0.15, 0.2) is 18.1 Å². The molecule has 0 aromatic heterocycles. The number of carbonyl (C=O) groups excluding carboxylic acids is 2. The highest BCUT2D eigenvalue weighted by Gasteiger charge is 2.23. The van der Waals surface area contributed by atoms with Crippen LogP contribution in [-0.4, -0.2) is 56.2 Å². The van der Waals surface area contributed by atoms with E-state index in [1.807, 2.05) is 49.1 Å². The van der Waals surface area contributed by atoms with Crippen molar-refractivity contribution in [2.75, 3.05) is 39.5 Å². The number of benzene rings is 2. The van der Waals surface area contributed by atoms with Crippen molar-refractivity contribution < 1.29 is 23.8 Å². The van der Waals surface area contributed by atoms with Crippen LogP contribution < -0.4 is 19.5 Å². The lowest BCUT2D eigenvalue weighted by molar-refractivity contribution is -0.134. The van der Waals surface area contributed by atoms with Gasteiger partial charge in [-0.05, 0) is 62.9 Å². The van der Waals surface area contributed by atoms with Gasteiger partial charge >= 0.3 is 0 Å². The summed E-state index contributed by atoms with van der Waals surface area (Å²) in [6.07, 6.45) is 1.70. The number of piperidine rings is 1. The minimum Gasteiger partial charge on any atom is -0.490 e. The lowest BCUT2D eigenvalue weighted by Gasteiger charge is -2.32. The zero-order valence-corrected chi connectivity index (χ0v) is 18.8. The van der Waals surface area contributed by atoms with E-state index in [9.17, 15) is 9.59 Å². The molecule has 1 aliphatic heterocycles. The lowest BCUT2D eigenvalue weighted by Crippen LogP contribution is -2.43. The third-order valence-electron chi connectivity index (χ3n) is 5.43. The second-order valence-corrected chi connectivity index (χ2v) is 7.66. The summed E-state index contributed by atoms with van der Waals surface area (Å²) in [6, 6.07) is 14.6. The van der Waals surface area contributed by atoms with Gasteiger partial charge in [-0.25, -0.2) is 0 Å². The maximum absolute atomic E-state index is 12.6.